The smallest absolute Gasteiger partial charge is 0.224 e. The number of hydrogen-bond donors (Lipinski definition) is 2. The van der Waals surface area contributed by atoms with Gasteiger partial charge in [-0.3, -0.25) is 4.21 Å². The molecule has 1 heterocycles. The van der Waals surface area contributed by atoms with E-state index in [1.807, 2.05) is 6.07 Å². The first-order chi connectivity index (χ1) is 7.22. The summed E-state index contributed by atoms with van der Waals surface area (Å²) in [6.07, 6.45) is 4.28. The van der Waals surface area contributed by atoms with Gasteiger partial charge >= 0.3 is 0 Å². The van der Waals surface area contributed by atoms with Gasteiger partial charge in [-0.1, -0.05) is 0 Å². The summed E-state index contributed by atoms with van der Waals surface area (Å²) in [6.45, 7) is 0.778. The quantitative estimate of drug-likeness (QED) is 0.702. The van der Waals surface area contributed by atoms with E-state index in [4.69, 9.17) is 0 Å². The molecule has 0 aliphatic heterocycles. The van der Waals surface area contributed by atoms with E-state index in [-0.39, 0.29) is 0 Å². The fourth-order valence-electron chi connectivity index (χ4n) is 1.07. The lowest BCUT2D eigenvalue weighted by atomic mass is 10.4. The second kappa shape index (κ2) is 6.34. The monoisotopic (exact) mass is 228 g/mol. The molecule has 0 bridgehead atoms. The normalized spacial score (nSPS) is 12.1. The minimum absolute atomic E-state index is 0.596. The Morgan fingerprint density at radius 3 is 3.00 bits per heavy atom. The van der Waals surface area contributed by atoms with E-state index in [1.54, 1.807) is 19.5 Å². The second-order valence-corrected chi connectivity index (χ2v) is 4.63. The molecule has 0 aliphatic carbocycles. The van der Waals surface area contributed by atoms with Gasteiger partial charge in [0.15, 0.2) is 0 Å². The van der Waals surface area contributed by atoms with Gasteiger partial charge in [0.25, 0.3) is 0 Å². The minimum Gasteiger partial charge on any atom is -0.370 e. The number of hydrogen-bond acceptors (Lipinski definition) is 5. The lowest BCUT2D eigenvalue weighted by molar-refractivity contribution is 0.685. The zero-order chi connectivity index (χ0) is 11.1. The molecule has 84 valence electrons. The van der Waals surface area contributed by atoms with Crippen molar-refractivity contribution in [1.82, 2.24) is 9.97 Å². The molecule has 5 nitrogen and oxygen atoms in total. The molecule has 0 saturated carbocycles. The molecule has 1 aromatic rings. The minimum atomic E-state index is -0.715. The molecule has 1 aromatic heterocycles. The van der Waals surface area contributed by atoms with E-state index < -0.39 is 10.8 Å². The number of anilines is 2. The lowest BCUT2D eigenvalue weighted by Gasteiger charge is -2.05. The summed E-state index contributed by atoms with van der Waals surface area (Å²) in [5.74, 6) is 2.10. The molecular formula is C9H16N4OS. The molecule has 1 unspecified atom stereocenters. The average molecular weight is 228 g/mol. The highest BCUT2D eigenvalue weighted by atomic mass is 32.2. The molecule has 6 heteroatoms. The first kappa shape index (κ1) is 11.9. The molecule has 2 N–H and O–H groups in total. The summed E-state index contributed by atoms with van der Waals surface area (Å²) >= 11 is 0. The molecule has 0 aromatic carbocycles. The standard InChI is InChI=1S/C9H16N4OS/c1-10-9-12-6-4-8(13-9)11-5-3-7-15(2)14/h4,6H,3,5,7H2,1-2H3,(H2,10,11,12,13). The van der Waals surface area contributed by atoms with Gasteiger partial charge in [0.1, 0.15) is 5.82 Å². The number of nitrogens with one attached hydrogen (secondary N) is 2. The topological polar surface area (TPSA) is 66.9 Å². The van der Waals surface area contributed by atoms with Gasteiger partial charge in [-0.25, -0.2) is 4.98 Å². The first-order valence-electron chi connectivity index (χ1n) is 4.77. The van der Waals surface area contributed by atoms with Gasteiger partial charge in [-0.15, -0.1) is 0 Å². The predicted octanol–water partition coefficient (Wildman–Crippen LogP) is 0.699. The molecule has 0 saturated heterocycles. The van der Waals surface area contributed by atoms with Crippen LogP contribution in [0.15, 0.2) is 12.3 Å². The first-order valence-corrected chi connectivity index (χ1v) is 6.50. The van der Waals surface area contributed by atoms with Crippen molar-refractivity contribution in [2.24, 2.45) is 0 Å². The highest BCUT2D eigenvalue weighted by molar-refractivity contribution is 7.84. The summed E-state index contributed by atoms with van der Waals surface area (Å²) < 4.78 is 10.8. The summed E-state index contributed by atoms with van der Waals surface area (Å²) in [5, 5.41) is 6.01. The Kier molecular flexibility index (Phi) is 5.03. The van der Waals surface area contributed by atoms with Gasteiger partial charge in [0, 0.05) is 42.6 Å². The average Bonchev–Trinajstić information content (AvgIpc) is 2.24. The molecule has 0 spiro atoms. The third kappa shape index (κ3) is 4.73. The van der Waals surface area contributed by atoms with Crippen LogP contribution in [0.3, 0.4) is 0 Å². The van der Waals surface area contributed by atoms with Crippen molar-refractivity contribution in [3.05, 3.63) is 12.3 Å². The maximum atomic E-state index is 10.8. The van der Waals surface area contributed by atoms with Crippen molar-refractivity contribution in [2.45, 2.75) is 6.42 Å². The molecule has 0 amide bonds. The molecular weight excluding hydrogens is 212 g/mol. The van der Waals surface area contributed by atoms with Crippen molar-refractivity contribution in [3.8, 4) is 0 Å². The van der Waals surface area contributed by atoms with Crippen LogP contribution in [0.1, 0.15) is 6.42 Å². The zero-order valence-corrected chi connectivity index (χ0v) is 9.80. The zero-order valence-electron chi connectivity index (χ0n) is 8.99. The fourth-order valence-corrected chi connectivity index (χ4v) is 1.62. The molecule has 0 radical (unpaired) electrons. The highest BCUT2D eigenvalue weighted by Gasteiger charge is 1.96. The summed E-state index contributed by atoms with van der Waals surface area (Å²) in [7, 11) is 1.06. The maximum Gasteiger partial charge on any atom is 0.224 e. The van der Waals surface area contributed by atoms with Crippen LogP contribution in [-0.4, -0.2) is 39.8 Å². The third-order valence-electron chi connectivity index (χ3n) is 1.79. The number of nitrogens with zero attached hydrogens (tertiary/aromatic N) is 2. The maximum absolute atomic E-state index is 10.8. The number of aromatic nitrogens is 2. The highest BCUT2D eigenvalue weighted by Crippen LogP contribution is 2.04. The van der Waals surface area contributed by atoms with Crippen molar-refractivity contribution in [1.29, 1.82) is 0 Å². The molecule has 0 fully saturated rings. The van der Waals surface area contributed by atoms with Crippen LogP contribution >= 0.6 is 0 Å². The van der Waals surface area contributed by atoms with Gasteiger partial charge in [-0.2, -0.15) is 4.98 Å². The van der Waals surface area contributed by atoms with Crippen LogP contribution in [0, 0.1) is 0 Å². The SMILES string of the molecule is CNc1nccc(NCCCS(C)=O)n1. The van der Waals surface area contributed by atoms with Crippen molar-refractivity contribution >= 4 is 22.6 Å². The molecule has 1 rings (SSSR count). The van der Waals surface area contributed by atoms with Gasteiger partial charge in [0.2, 0.25) is 5.95 Å². The van der Waals surface area contributed by atoms with E-state index in [1.165, 1.54) is 0 Å². The van der Waals surface area contributed by atoms with Gasteiger partial charge < -0.3 is 10.6 Å². The number of rotatable bonds is 6. The molecule has 0 aliphatic rings. The van der Waals surface area contributed by atoms with Gasteiger partial charge in [0.05, 0.1) is 0 Å². The van der Waals surface area contributed by atoms with Crippen LogP contribution in [0.2, 0.25) is 0 Å². The largest absolute Gasteiger partial charge is 0.370 e. The predicted molar refractivity (Wildman–Crippen MR) is 63.6 cm³/mol. The van der Waals surface area contributed by atoms with E-state index in [9.17, 15) is 4.21 Å². The third-order valence-corrected chi connectivity index (χ3v) is 2.66. The summed E-state index contributed by atoms with van der Waals surface area (Å²) in [5.41, 5.74) is 0. The Balaban J connectivity index is 2.33. The van der Waals surface area contributed by atoms with E-state index >= 15 is 0 Å². The van der Waals surface area contributed by atoms with Crippen LogP contribution < -0.4 is 10.6 Å². The van der Waals surface area contributed by atoms with Crippen molar-refractivity contribution < 1.29 is 4.21 Å². The van der Waals surface area contributed by atoms with E-state index in [0.29, 0.717) is 5.95 Å². The summed E-state index contributed by atoms with van der Waals surface area (Å²) in [4.78, 5) is 8.20. The summed E-state index contributed by atoms with van der Waals surface area (Å²) in [6, 6.07) is 1.81. The van der Waals surface area contributed by atoms with Crippen molar-refractivity contribution in [3.63, 3.8) is 0 Å². The van der Waals surface area contributed by atoms with Crippen LogP contribution in [-0.2, 0) is 10.8 Å². The molecule has 15 heavy (non-hydrogen) atoms. The van der Waals surface area contributed by atoms with E-state index in [0.717, 1.165) is 24.5 Å². The second-order valence-electron chi connectivity index (χ2n) is 3.07. The van der Waals surface area contributed by atoms with Gasteiger partial charge in [-0.05, 0) is 12.5 Å². The van der Waals surface area contributed by atoms with Crippen molar-refractivity contribution in [2.75, 3.05) is 36.2 Å². The van der Waals surface area contributed by atoms with Crippen LogP contribution in [0.4, 0.5) is 11.8 Å². The Labute approximate surface area is 92.2 Å². The Hall–Kier alpha value is -1.17. The Morgan fingerprint density at radius 1 is 1.53 bits per heavy atom. The van der Waals surface area contributed by atoms with Crippen LogP contribution in [0.5, 0.6) is 0 Å². The van der Waals surface area contributed by atoms with Crippen LogP contribution in [0.25, 0.3) is 0 Å². The fraction of sp³-hybridized carbons (Fsp3) is 0.556. The Morgan fingerprint density at radius 2 is 2.33 bits per heavy atom. The van der Waals surface area contributed by atoms with E-state index in [2.05, 4.69) is 20.6 Å². The lowest BCUT2D eigenvalue weighted by Crippen LogP contribution is -2.08. The molecule has 1 atom stereocenters. The Bertz CT molecular complexity index is 332.